The van der Waals surface area contributed by atoms with Gasteiger partial charge in [-0.2, -0.15) is 0 Å². The van der Waals surface area contributed by atoms with E-state index in [1.807, 2.05) is 89.9 Å². The second-order valence-electron chi connectivity index (χ2n) is 50.4. The first-order valence-corrected chi connectivity index (χ1v) is 61.9. The first-order chi connectivity index (χ1) is 67.1. The smallest absolute Gasteiger partial charge is 0.150 e. The van der Waals surface area contributed by atoms with E-state index in [0.717, 1.165) is 151 Å². The molecule has 10 rings (SSSR count). The van der Waals surface area contributed by atoms with Gasteiger partial charge in [-0.1, -0.05) is 447 Å². The van der Waals surface area contributed by atoms with Gasteiger partial charge in [-0.05, 0) is 320 Å². The van der Waals surface area contributed by atoms with Crippen LogP contribution >= 0.6 is 0 Å². The monoisotopic (exact) mass is 2020 g/mol. The number of Topliss-reactive ketones (excluding diaryl/α,β-unsaturated/α-hetero) is 2. The lowest BCUT2D eigenvalue weighted by Gasteiger charge is -2.29. The molecule has 2 saturated heterocycles. The van der Waals surface area contributed by atoms with Crippen LogP contribution in [0.15, 0.2) is 116 Å². The zero-order valence-corrected chi connectivity index (χ0v) is 105. The Bertz CT molecular complexity index is 3080. The quantitative estimate of drug-likeness (QED) is 0.0444. The van der Waals surface area contributed by atoms with E-state index in [0.29, 0.717) is 35.7 Å². The lowest BCUT2D eigenvalue weighted by Crippen LogP contribution is -2.30. The molecule has 0 atom stereocenters. The van der Waals surface area contributed by atoms with Crippen molar-refractivity contribution < 1.29 is 18.0 Å². The number of sulfone groups is 1. The number of likely N-dealkylation sites (tertiary alicyclic amines) is 1. The number of nitrogens with one attached hydrogen (secondary N) is 1. The molecule has 0 bridgehead atoms. The Balaban J connectivity index is -0.000000276. The van der Waals surface area contributed by atoms with E-state index in [9.17, 15) is 18.0 Å². The van der Waals surface area contributed by atoms with Gasteiger partial charge in [0, 0.05) is 61.7 Å². The molecule has 5 heterocycles. The predicted octanol–water partition coefficient (Wildman–Crippen LogP) is 40.5. The molecule has 10 heteroatoms. The Morgan fingerprint density at radius 3 is 0.958 bits per heavy atom. The lowest BCUT2D eigenvalue weighted by molar-refractivity contribution is -0.119. The summed E-state index contributed by atoms with van der Waals surface area (Å²) >= 11 is 0. The highest BCUT2D eigenvalue weighted by Crippen LogP contribution is 2.36. The summed E-state index contributed by atoms with van der Waals surface area (Å²) in [6.07, 6.45) is 62.7. The Morgan fingerprint density at radius 1 is 0.357 bits per heavy atom. The van der Waals surface area contributed by atoms with Crippen molar-refractivity contribution in [2.75, 3.05) is 44.7 Å². The van der Waals surface area contributed by atoms with Crippen molar-refractivity contribution in [1.82, 2.24) is 25.2 Å². The molecule has 4 aliphatic carbocycles. The fraction of sp³-hybridized carbons (Fsp3) is 0.812. The van der Waals surface area contributed by atoms with Crippen LogP contribution in [0.5, 0.6) is 0 Å². The number of benzene rings is 1. The maximum atomic E-state index is 10.8. The predicted molar refractivity (Wildman–Crippen MR) is 647 cm³/mol. The van der Waals surface area contributed by atoms with Crippen molar-refractivity contribution >= 4 is 21.4 Å². The van der Waals surface area contributed by atoms with Gasteiger partial charge in [0.05, 0.1) is 5.75 Å². The first-order valence-electron chi connectivity index (χ1n) is 60.1. The molecule has 2 aliphatic heterocycles. The summed E-state index contributed by atoms with van der Waals surface area (Å²) in [6, 6.07) is 24.9. The number of hydrogen-bond acceptors (Lipinski definition) is 9. The van der Waals surface area contributed by atoms with Gasteiger partial charge in [-0.3, -0.25) is 19.7 Å². The van der Waals surface area contributed by atoms with Gasteiger partial charge in [0.1, 0.15) is 21.4 Å². The van der Waals surface area contributed by atoms with Crippen LogP contribution in [-0.4, -0.2) is 84.6 Å². The summed E-state index contributed by atoms with van der Waals surface area (Å²) in [5.74, 6) is 20.9. The van der Waals surface area contributed by atoms with Gasteiger partial charge in [0.25, 0.3) is 0 Å². The van der Waals surface area contributed by atoms with Crippen LogP contribution in [0.4, 0.5) is 0 Å². The molecule has 0 amide bonds. The van der Waals surface area contributed by atoms with Gasteiger partial charge in [-0.25, -0.2) is 8.42 Å². The minimum absolute atomic E-state index is 0.259. The van der Waals surface area contributed by atoms with Crippen molar-refractivity contribution in [1.29, 1.82) is 0 Å². The van der Waals surface area contributed by atoms with Crippen molar-refractivity contribution in [2.24, 2.45) is 136 Å². The van der Waals surface area contributed by atoms with E-state index in [4.69, 9.17) is 0 Å². The molecule has 143 heavy (non-hydrogen) atoms. The zero-order valence-electron chi connectivity index (χ0n) is 104. The number of carbonyl (C=O) groups excluding carboxylic acids is 2. The average molecular weight is 2020 g/mol. The van der Waals surface area contributed by atoms with Crippen LogP contribution < -0.4 is 5.32 Å². The molecule has 0 radical (unpaired) electrons. The fourth-order valence-electron chi connectivity index (χ4n) is 18.0. The number of aromatic nitrogens is 3. The maximum absolute atomic E-state index is 10.8. The molecule has 6 aliphatic rings. The summed E-state index contributed by atoms with van der Waals surface area (Å²) in [4.78, 5) is 35.5. The summed E-state index contributed by atoms with van der Waals surface area (Å²) in [5.41, 5.74) is 5.34. The molecule has 4 saturated carbocycles. The number of pyridine rings is 3. The van der Waals surface area contributed by atoms with Crippen LogP contribution in [0.1, 0.15) is 518 Å². The standard InChI is InChI=1S/C10H21N.C10H20.C10H14.C9H19N.3C9H13N.C9H18.C8H16.C7H14O.C7H14.C6H14O2S.C6H12O.3C6H14.C6H12/c1-9(2)8-10-4-6-11(3)7-5-10;2*1-9(2)8-10-6-4-3-5-7-10;2*1-8(2)7-9-3-5-10-6-4-9;1-8(2)6-9-4-3-5-10-7-9;1-8(2)7-9-5-3-4-6-10-9;1-8(2)7-9-5-3-4-6-9;1-7(2)6-8-4-3-5-8;1-4-7(8)5-6(2)3;1-6(2)5-7-3-4-7;1-4-9(7,8)5-6(2)3;1-5(2)4-6(3)7;4*1-4-5-6(2)3/h9-10H,4-8H2,1-3H3;9-10H,3-8H2,1-2H3;3-7,9H,8H2,1-2H3;8-10H,3-7H2,1-2H3;3-6,8H,7H2,1-2H3;3-5,7-8H,6H2,1-2H3;3-6,8H,7H2,1-2H3;8-9H,3-7H2,1-2H3;7-8H,3-6H2,1-2H3;6H,4-5H2,1-3H3;6-7H,3-5H2,1-2H3;6H,4-5H2,1-3H3;5H,4H2,1-3H3;3*6H,4-5H2,1-3H3;4,6H,1,5H2,2-3H3. The van der Waals surface area contributed by atoms with E-state index in [1.54, 1.807) is 13.8 Å². The summed E-state index contributed by atoms with van der Waals surface area (Å²) in [5, 5.41) is 3.39. The topological polar surface area (TPSA) is 122 Å². The van der Waals surface area contributed by atoms with E-state index in [1.165, 1.54) is 248 Å². The molecule has 3 aromatic heterocycles. The van der Waals surface area contributed by atoms with Gasteiger partial charge in [0.2, 0.25) is 0 Å². The highest BCUT2D eigenvalue weighted by atomic mass is 32.2. The molecule has 6 fully saturated rings. The fourth-order valence-corrected chi connectivity index (χ4v) is 19.3. The second kappa shape index (κ2) is 103. The Hall–Kier alpha value is -4.38. The van der Waals surface area contributed by atoms with E-state index in [-0.39, 0.29) is 17.5 Å². The third-order valence-electron chi connectivity index (χ3n) is 24.8. The second-order valence-corrected chi connectivity index (χ2v) is 52.8. The van der Waals surface area contributed by atoms with Crippen LogP contribution in [0.2, 0.25) is 0 Å². The number of rotatable bonds is 36. The van der Waals surface area contributed by atoms with Crippen LogP contribution in [0.3, 0.4) is 0 Å². The summed E-state index contributed by atoms with van der Waals surface area (Å²) in [6.45, 7) is 96.2. The van der Waals surface area contributed by atoms with E-state index < -0.39 is 9.84 Å². The van der Waals surface area contributed by atoms with Gasteiger partial charge in [-0.15, -0.1) is 6.58 Å². The largest absolute Gasteiger partial charge is 0.317 e. The molecule has 842 valence electrons. The summed E-state index contributed by atoms with van der Waals surface area (Å²) < 4.78 is 21.6. The number of carbonyl (C=O) groups is 2. The zero-order chi connectivity index (χ0) is 110. The first kappa shape index (κ1) is 152. The van der Waals surface area contributed by atoms with Gasteiger partial charge < -0.3 is 15.0 Å². The molecule has 1 aromatic carbocycles. The molecular formula is C133H255N5O4S. The SMILES string of the molecule is C=CCC(C)C.CC(=O)CC(C)C.CC(C)CC1CC1.CC(C)CC1CCC1.CC(C)CC1CCCC1.CC(C)CC1CCCCC1.CC(C)CC1CCN(C)CC1.CC(C)CC1CCNCC1.CC(C)Cc1ccccc1.CC(C)Cc1ccccn1.CC(C)Cc1cccnc1.CC(C)Cc1ccncc1.CCC(=O)CC(C)C.CCCC(C)C.CCCC(C)C.CCCC(C)C.CCS(=O)(=O)CC(C)C. The minimum Gasteiger partial charge on any atom is -0.317 e. The average Bonchev–Trinajstić information content (AvgIpc) is 1.88. The van der Waals surface area contributed by atoms with Crippen molar-refractivity contribution in [3.05, 3.63) is 139 Å². The molecule has 9 nitrogen and oxygen atoms in total. The third-order valence-corrected chi connectivity index (χ3v) is 26.9. The summed E-state index contributed by atoms with van der Waals surface area (Å²) in [7, 11) is -0.491. The van der Waals surface area contributed by atoms with E-state index >= 15 is 0 Å². The normalized spacial score (nSPS) is 14.8. The van der Waals surface area contributed by atoms with Crippen molar-refractivity contribution in [2.45, 2.75) is 521 Å². The number of hydrogen-bond donors (Lipinski definition) is 1. The third kappa shape index (κ3) is 130. The van der Waals surface area contributed by atoms with Crippen molar-refractivity contribution in [3.8, 4) is 0 Å². The number of nitrogens with zero attached hydrogens (tertiary/aromatic N) is 4. The highest BCUT2D eigenvalue weighted by molar-refractivity contribution is 7.91. The van der Waals surface area contributed by atoms with Gasteiger partial charge in [0.15, 0.2) is 0 Å². The molecular weight excluding hydrogens is 1760 g/mol. The number of piperidine rings is 2. The number of allylic oxidation sites excluding steroid dienone is 1. The lowest BCUT2D eigenvalue weighted by atomic mass is 9.80. The van der Waals surface area contributed by atoms with Crippen LogP contribution in [0.25, 0.3) is 0 Å². The highest BCUT2D eigenvalue weighted by Gasteiger charge is 2.23. The molecule has 0 spiro atoms. The van der Waals surface area contributed by atoms with Crippen LogP contribution in [-0.2, 0) is 45.1 Å². The van der Waals surface area contributed by atoms with Crippen LogP contribution in [0, 0.1) is 136 Å². The minimum atomic E-state index is -2.72. The Morgan fingerprint density at radius 2 is 0.706 bits per heavy atom. The molecule has 0 unspecified atom stereocenters. The Labute approximate surface area is 899 Å². The van der Waals surface area contributed by atoms with Gasteiger partial charge >= 0.3 is 0 Å². The molecule has 1 N–H and O–H groups in total. The van der Waals surface area contributed by atoms with Crippen molar-refractivity contribution in [3.63, 3.8) is 0 Å². The molecule has 4 aromatic rings. The Kier molecular flexibility index (Phi) is 110. The number of ketones is 2. The van der Waals surface area contributed by atoms with E-state index in [2.05, 4.69) is 322 Å². The maximum Gasteiger partial charge on any atom is 0.150 e.